The highest BCUT2D eigenvalue weighted by Crippen LogP contribution is 2.21. The average molecular weight is 310 g/mol. The number of amides is 1. The van der Waals surface area contributed by atoms with Gasteiger partial charge in [0, 0.05) is 25.1 Å². The van der Waals surface area contributed by atoms with Crippen LogP contribution >= 0.6 is 0 Å². The molecule has 1 aromatic heterocycles. The zero-order valence-corrected chi connectivity index (χ0v) is 13.5. The Labute approximate surface area is 131 Å². The lowest BCUT2D eigenvalue weighted by molar-refractivity contribution is -0.127. The fraction of sp³-hybridized carbons (Fsp3) is 0.625. The van der Waals surface area contributed by atoms with Gasteiger partial charge in [0.25, 0.3) is 0 Å². The summed E-state index contributed by atoms with van der Waals surface area (Å²) in [4.78, 5) is 23.2. The number of nitrogens with zero attached hydrogens (tertiary/aromatic N) is 1. The number of rotatable bonds is 9. The number of aromatic hydroxyl groups is 2. The minimum atomic E-state index is -0.415. The van der Waals surface area contributed by atoms with E-state index in [1.165, 1.54) is 23.6 Å². The predicted octanol–water partition coefficient (Wildman–Crippen LogP) is 2.19. The number of unbranched alkanes of at least 4 members (excludes halogenated alkanes) is 2. The third-order valence-electron chi connectivity index (χ3n) is 3.64. The molecule has 22 heavy (non-hydrogen) atoms. The third-order valence-corrected chi connectivity index (χ3v) is 3.64. The Hall–Kier alpha value is -1.98. The molecule has 3 N–H and O–H groups in total. The van der Waals surface area contributed by atoms with Gasteiger partial charge in [-0.25, -0.2) is 0 Å². The number of Topliss-reactive ketones (excluding diaryl/α,β-unsaturated/α-hetero) is 1. The van der Waals surface area contributed by atoms with Crippen molar-refractivity contribution in [2.45, 2.75) is 59.0 Å². The van der Waals surface area contributed by atoms with Crippen molar-refractivity contribution < 1.29 is 19.8 Å². The van der Waals surface area contributed by atoms with E-state index in [0.29, 0.717) is 19.4 Å². The van der Waals surface area contributed by atoms with E-state index in [4.69, 9.17) is 0 Å². The van der Waals surface area contributed by atoms with Gasteiger partial charge in [-0.1, -0.05) is 20.3 Å². The van der Waals surface area contributed by atoms with Crippen LogP contribution in [-0.4, -0.2) is 32.5 Å². The summed E-state index contributed by atoms with van der Waals surface area (Å²) in [6, 6.07) is 2.47. The number of aromatic nitrogens is 1. The first-order chi connectivity index (χ1) is 10.3. The van der Waals surface area contributed by atoms with Gasteiger partial charge in [0.15, 0.2) is 17.5 Å². The SMILES string of the molecule is CC(=O)C(NC(=O)CCCCCn1c(O)ccc1O)C(C)C. The highest BCUT2D eigenvalue weighted by Gasteiger charge is 2.20. The van der Waals surface area contributed by atoms with Crippen LogP contribution < -0.4 is 5.32 Å². The number of hydrogen-bond acceptors (Lipinski definition) is 4. The van der Waals surface area contributed by atoms with E-state index in [-0.39, 0.29) is 29.4 Å². The molecule has 0 aliphatic heterocycles. The largest absolute Gasteiger partial charge is 0.494 e. The van der Waals surface area contributed by atoms with Crippen molar-refractivity contribution in [2.24, 2.45) is 5.92 Å². The summed E-state index contributed by atoms with van der Waals surface area (Å²) in [6.07, 6.45) is 2.64. The lowest BCUT2D eigenvalue weighted by Gasteiger charge is -2.19. The first-order valence-corrected chi connectivity index (χ1v) is 7.70. The molecule has 0 bridgehead atoms. The van der Waals surface area contributed by atoms with Crippen LogP contribution in [0.15, 0.2) is 12.1 Å². The number of hydrogen-bond donors (Lipinski definition) is 3. The highest BCUT2D eigenvalue weighted by molar-refractivity contribution is 5.87. The van der Waals surface area contributed by atoms with E-state index in [1.807, 2.05) is 13.8 Å². The molecule has 1 amide bonds. The van der Waals surface area contributed by atoms with Crippen molar-refractivity contribution in [3.05, 3.63) is 12.1 Å². The molecule has 124 valence electrons. The minimum Gasteiger partial charge on any atom is -0.494 e. The third kappa shape index (κ3) is 5.42. The summed E-state index contributed by atoms with van der Waals surface area (Å²) in [5, 5.41) is 21.7. The second-order valence-electron chi connectivity index (χ2n) is 5.91. The van der Waals surface area contributed by atoms with E-state index in [2.05, 4.69) is 5.32 Å². The van der Waals surface area contributed by atoms with Crippen LogP contribution in [0.25, 0.3) is 0 Å². The number of ketones is 1. The zero-order valence-electron chi connectivity index (χ0n) is 13.5. The fourth-order valence-corrected chi connectivity index (χ4v) is 2.39. The maximum Gasteiger partial charge on any atom is 0.220 e. The first-order valence-electron chi connectivity index (χ1n) is 7.70. The lowest BCUT2D eigenvalue weighted by Crippen LogP contribution is -2.43. The molecule has 1 unspecified atom stereocenters. The van der Waals surface area contributed by atoms with Crippen LogP contribution in [0, 0.1) is 5.92 Å². The zero-order chi connectivity index (χ0) is 16.7. The molecule has 0 saturated carbocycles. The molecule has 0 aromatic carbocycles. The number of nitrogens with one attached hydrogen (secondary N) is 1. The smallest absolute Gasteiger partial charge is 0.220 e. The monoisotopic (exact) mass is 310 g/mol. The van der Waals surface area contributed by atoms with Crippen LogP contribution in [-0.2, 0) is 16.1 Å². The summed E-state index contributed by atoms with van der Waals surface area (Å²) in [5.41, 5.74) is 0. The van der Waals surface area contributed by atoms with Crippen molar-refractivity contribution in [3.63, 3.8) is 0 Å². The molecule has 0 saturated heterocycles. The molecular formula is C16H26N2O4. The summed E-state index contributed by atoms with van der Waals surface area (Å²) in [6.45, 7) is 5.81. The molecule has 1 atom stereocenters. The topological polar surface area (TPSA) is 91.6 Å². The van der Waals surface area contributed by atoms with Crippen molar-refractivity contribution in [1.29, 1.82) is 0 Å². The van der Waals surface area contributed by atoms with Gasteiger partial charge in [0.2, 0.25) is 5.91 Å². The minimum absolute atomic E-state index is 0.0260. The van der Waals surface area contributed by atoms with E-state index in [0.717, 1.165) is 12.8 Å². The van der Waals surface area contributed by atoms with Crippen LogP contribution in [0.5, 0.6) is 11.8 Å². The van der Waals surface area contributed by atoms with Crippen LogP contribution in [0.3, 0.4) is 0 Å². The normalized spacial score (nSPS) is 12.4. The quantitative estimate of drug-likeness (QED) is 0.610. The van der Waals surface area contributed by atoms with Crippen molar-refractivity contribution >= 4 is 11.7 Å². The molecule has 1 rings (SSSR count). The second kappa shape index (κ2) is 8.46. The predicted molar refractivity (Wildman–Crippen MR) is 83.7 cm³/mol. The van der Waals surface area contributed by atoms with Crippen LogP contribution in [0.2, 0.25) is 0 Å². The Morgan fingerprint density at radius 3 is 2.23 bits per heavy atom. The summed E-state index contributed by atoms with van der Waals surface area (Å²) in [5.74, 6) is 0.0246. The molecule has 0 spiro atoms. The Morgan fingerprint density at radius 1 is 1.14 bits per heavy atom. The Morgan fingerprint density at radius 2 is 1.73 bits per heavy atom. The molecule has 0 aliphatic rings. The maximum absolute atomic E-state index is 11.8. The Balaban J connectivity index is 2.24. The molecule has 6 nitrogen and oxygen atoms in total. The highest BCUT2D eigenvalue weighted by atomic mass is 16.3. The van der Waals surface area contributed by atoms with Gasteiger partial charge >= 0.3 is 0 Å². The fourth-order valence-electron chi connectivity index (χ4n) is 2.39. The van der Waals surface area contributed by atoms with Crippen LogP contribution in [0.1, 0.15) is 46.5 Å². The van der Waals surface area contributed by atoms with Gasteiger partial charge in [0.05, 0.1) is 6.04 Å². The van der Waals surface area contributed by atoms with Gasteiger partial charge in [-0.15, -0.1) is 0 Å². The average Bonchev–Trinajstić information content (AvgIpc) is 2.75. The number of carbonyl (C=O) groups excluding carboxylic acids is 2. The summed E-state index contributed by atoms with van der Waals surface area (Å²) < 4.78 is 1.42. The van der Waals surface area contributed by atoms with E-state index < -0.39 is 6.04 Å². The van der Waals surface area contributed by atoms with Crippen LogP contribution in [0.4, 0.5) is 0 Å². The second-order valence-corrected chi connectivity index (χ2v) is 5.91. The molecule has 0 aliphatic carbocycles. The number of carbonyl (C=O) groups is 2. The van der Waals surface area contributed by atoms with Crippen molar-refractivity contribution in [2.75, 3.05) is 0 Å². The molecule has 1 heterocycles. The van der Waals surface area contributed by atoms with Gasteiger partial charge in [-0.2, -0.15) is 0 Å². The summed E-state index contributed by atoms with van der Waals surface area (Å²) >= 11 is 0. The molecule has 6 heteroatoms. The standard InChI is InChI=1S/C16H26N2O4/c1-11(2)16(12(3)19)17-13(20)7-5-4-6-10-18-14(21)8-9-15(18)22/h8-9,11,16,21-22H,4-7,10H2,1-3H3,(H,17,20). The van der Waals surface area contributed by atoms with Gasteiger partial charge in [0.1, 0.15) is 0 Å². The summed E-state index contributed by atoms with van der Waals surface area (Å²) in [7, 11) is 0. The molecule has 1 aromatic rings. The molecule has 0 radical (unpaired) electrons. The Kier molecular flexibility index (Phi) is 6.95. The maximum atomic E-state index is 11.8. The Bertz CT molecular complexity index is 489. The molecule has 0 fully saturated rings. The molecular weight excluding hydrogens is 284 g/mol. The van der Waals surface area contributed by atoms with Gasteiger partial charge < -0.3 is 15.5 Å². The van der Waals surface area contributed by atoms with E-state index in [9.17, 15) is 19.8 Å². The first kappa shape index (κ1) is 18.1. The van der Waals surface area contributed by atoms with E-state index in [1.54, 1.807) is 0 Å². The van der Waals surface area contributed by atoms with Gasteiger partial charge in [-0.05, 0) is 25.7 Å². The lowest BCUT2D eigenvalue weighted by atomic mass is 10.0. The van der Waals surface area contributed by atoms with Gasteiger partial charge in [-0.3, -0.25) is 14.2 Å². The van der Waals surface area contributed by atoms with Crippen molar-refractivity contribution in [3.8, 4) is 11.8 Å². The van der Waals surface area contributed by atoms with E-state index >= 15 is 0 Å². The van der Waals surface area contributed by atoms with Crippen molar-refractivity contribution in [1.82, 2.24) is 9.88 Å².